The lowest BCUT2D eigenvalue weighted by atomic mass is 9.99. The normalized spacial score (nSPS) is 25.4. The maximum Gasteiger partial charge on any atom is 0.242 e. The number of nitrogens with one attached hydrogen (secondary N) is 2. The summed E-state index contributed by atoms with van der Waals surface area (Å²) in [6, 6.07) is 0. The van der Waals surface area contributed by atoms with Crippen molar-refractivity contribution in [3.05, 3.63) is 18.2 Å². The van der Waals surface area contributed by atoms with E-state index in [0.29, 0.717) is 25.4 Å². The molecule has 1 saturated heterocycles. The van der Waals surface area contributed by atoms with Gasteiger partial charge >= 0.3 is 0 Å². The minimum atomic E-state index is -0.868. The molecule has 15 heavy (non-hydrogen) atoms. The summed E-state index contributed by atoms with van der Waals surface area (Å²) in [5.41, 5.74) is 5.01. The number of carbonyl (C=O) groups excluding carboxylic acids is 1. The Morgan fingerprint density at radius 3 is 3.27 bits per heavy atom. The van der Waals surface area contributed by atoms with Crippen LogP contribution < -0.4 is 11.1 Å². The highest BCUT2D eigenvalue weighted by molar-refractivity contribution is 5.86. The van der Waals surface area contributed by atoms with Gasteiger partial charge < -0.3 is 20.8 Å². The second kappa shape index (κ2) is 4.00. The highest BCUT2D eigenvalue weighted by Crippen LogP contribution is 2.15. The van der Waals surface area contributed by atoms with Crippen LogP contribution in [0.1, 0.15) is 12.2 Å². The molecule has 1 aliphatic rings. The highest BCUT2D eigenvalue weighted by Gasteiger charge is 2.37. The second-order valence-corrected chi connectivity index (χ2v) is 3.68. The lowest BCUT2D eigenvalue weighted by Crippen LogP contribution is -2.54. The van der Waals surface area contributed by atoms with Crippen LogP contribution >= 0.6 is 0 Å². The van der Waals surface area contributed by atoms with Gasteiger partial charge in [-0.25, -0.2) is 4.98 Å². The monoisotopic (exact) mass is 210 g/mol. The number of carbonyl (C=O) groups is 1. The maximum absolute atomic E-state index is 11.7. The average molecular weight is 210 g/mol. The molecule has 2 rings (SSSR count). The summed E-state index contributed by atoms with van der Waals surface area (Å²) in [4.78, 5) is 18.6. The molecular formula is C9H14N4O2. The quantitative estimate of drug-likeness (QED) is 0.605. The number of ether oxygens (including phenoxy) is 1. The number of amides is 1. The Kier molecular flexibility index (Phi) is 2.70. The minimum Gasteiger partial charge on any atom is -0.379 e. The van der Waals surface area contributed by atoms with Crippen molar-refractivity contribution in [2.45, 2.75) is 18.5 Å². The number of nitrogens with two attached hydrogens (primary N) is 1. The van der Waals surface area contributed by atoms with Crippen LogP contribution in [-0.4, -0.2) is 34.6 Å². The van der Waals surface area contributed by atoms with Gasteiger partial charge in [0.1, 0.15) is 11.4 Å². The van der Waals surface area contributed by atoms with E-state index in [1.165, 1.54) is 0 Å². The maximum atomic E-state index is 11.7. The molecule has 1 aliphatic heterocycles. The van der Waals surface area contributed by atoms with Gasteiger partial charge in [-0.2, -0.15) is 0 Å². The van der Waals surface area contributed by atoms with Gasteiger partial charge in [-0.3, -0.25) is 4.79 Å². The van der Waals surface area contributed by atoms with E-state index in [9.17, 15) is 4.79 Å². The van der Waals surface area contributed by atoms with Crippen molar-refractivity contribution in [1.29, 1.82) is 0 Å². The van der Waals surface area contributed by atoms with E-state index in [1.54, 1.807) is 12.4 Å². The first-order valence-electron chi connectivity index (χ1n) is 4.84. The van der Waals surface area contributed by atoms with Crippen LogP contribution in [0.15, 0.2) is 12.4 Å². The van der Waals surface area contributed by atoms with E-state index in [2.05, 4.69) is 15.3 Å². The fourth-order valence-corrected chi connectivity index (χ4v) is 1.49. The third kappa shape index (κ3) is 2.16. The third-order valence-corrected chi connectivity index (χ3v) is 2.48. The summed E-state index contributed by atoms with van der Waals surface area (Å²) < 4.78 is 5.11. The molecule has 0 aromatic carbocycles. The number of hydrogen-bond acceptors (Lipinski definition) is 4. The van der Waals surface area contributed by atoms with Crippen molar-refractivity contribution in [2.24, 2.45) is 5.73 Å². The second-order valence-electron chi connectivity index (χ2n) is 3.68. The van der Waals surface area contributed by atoms with Crippen molar-refractivity contribution >= 4 is 5.91 Å². The molecular weight excluding hydrogens is 196 g/mol. The van der Waals surface area contributed by atoms with E-state index in [-0.39, 0.29) is 12.5 Å². The summed E-state index contributed by atoms with van der Waals surface area (Å²) in [7, 11) is 0. The lowest BCUT2D eigenvalue weighted by Gasteiger charge is -2.20. The molecule has 6 heteroatoms. The number of imidazole rings is 1. The average Bonchev–Trinajstić information content (AvgIpc) is 2.85. The Hall–Kier alpha value is -1.40. The summed E-state index contributed by atoms with van der Waals surface area (Å²) >= 11 is 0. The molecule has 1 unspecified atom stereocenters. The van der Waals surface area contributed by atoms with Crippen LogP contribution in [0.2, 0.25) is 0 Å². The molecule has 0 bridgehead atoms. The zero-order valence-electron chi connectivity index (χ0n) is 8.32. The fraction of sp³-hybridized carbons (Fsp3) is 0.556. The standard InChI is InChI=1S/C9H14N4O2/c10-9(1-4-15-6-9)8(14)13-5-7-11-2-3-12-7/h2-3H,1,4-6,10H2,(H,11,12)(H,13,14). The van der Waals surface area contributed by atoms with Gasteiger partial charge in [0.2, 0.25) is 5.91 Å². The molecule has 1 atom stereocenters. The van der Waals surface area contributed by atoms with Gasteiger partial charge in [-0.05, 0) is 6.42 Å². The summed E-state index contributed by atoms with van der Waals surface area (Å²) in [6.45, 7) is 1.20. The van der Waals surface area contributed by atoms with Gasteiger partial charge in [0, 0.05) is 19.0 Å². The van der Waals surface area contributed by atoms with Gasteiger partial charge in [-0.15, -0.1) is 0 Å². The smallest absolute Gasteiger partial charge is 0.242 e. The fourth-order valence-electron chi connectivity index (χ4n) is 1.49. The molecule has 1 aromatic rings. The van der Waals surface area contributed by atoms with Crippen molar-refractivity contribution in [3.8, 4) is 0 Å². The van der Waals surface area contributed by atoms with E-state index >= 15 is 0 Å². The van der Waals surface area contributed by atoms with Crippen LogP contribution in [0.4, 0.5) is 0 Å². The highest BCUT2D eigenvalue weighted by atomic mass is 16.5. The van der Waals surface area contributed by atoms with Crippen LogP contribution in [0, 0.1) is 0 Å². The topological polar surface area (TPSA) is 93.0 Å². The van der Waals surface area contributed by atoms with Gasteiger partial charge in [0.25, 0.3) is 0 Å². The predicted molar refractivity (Wildman–Crippen MR) is 52.8 cm³/mol. The van der Waals surface area contributed by atoms with Crippen molar-refractivity contribution in [3.63, 3.8) is 0 Å². The van der Waals surface area contributed by atoms with Crippen LogP contribution in [0.5, 0.6) is 0 Å². The molecule has 6 nitrogen and oxygen atoms in total. The molecule has 4 N–H and O–H groups in total. The Labute approximate surface area is 87.2 Å². The summed E-state index contributed by atoms with van der Waals surface area (Å²) in [5, 5.41) is 2.73. The molecule has 0 spiro atoms. The number of rotatable bonds is 3. The van der Waals surface area contributed by atoms with Gasteiger partial charge in [0.05, 0.1) is 13.2 Å². The van der Waals surface area contributed by atoms with Crippen molar-refractivity contribution in [2.75, 3.05) is 13.2 Å². The number of H-pyrrole nitrogens is 1. The Morgan fingerprint density at radius 2 is 2.67 bits per heavy atom. The van der Waals surface area contributed by atoms with E-state index < -0.39 is 5.54 Å². The number of aromatic nitrogens is 2. The zero-order chi connectivity index (χ0) is 10.7. The first kappa shape index (κ1) is 10.1. The van der Waals surface area contributed by atoms with E-state index in [1.807, 2.05) is 0 Å². The Balaban J connectivity index is 1.87. The molecule has 2 heterocycles. The first-order chi connectivity index (χ1) is 7.21. The molecule has 1 aromatic heterocycles. The van der Waals surface area contributed by atoms with Gasteiger partial charge in [0.15, 0.2) is 0 Å². The largest absolute Gasteiger partial charge is 0.379 e. The van der Waals surface area contributed by atoms with Crippen molar-refractivity contribution < 1.29 is 9.53 Å². The number of aromatic amines is 1. The molecule has 1 amide bonds. The van der Waals surface area contributed by atoms with E-state index in [4.69, 9.17) is 10.5 Å². The summed E-state index contributed by atoms with van der Waals surface area (Å²) in [5.74, 6) is 0.530. The van der Waals surface area contributed by atoms with Crippen LogP contribution in [-0.2, 0) is 16.1 Å². The van der Waals surface area contributed by atoms with Gasteiger partial charge in [-0.1, -0.05) is 0 Å². The third-order valence-electron chi connectivity index (χ3n) is 2.48. The molecule has 0 aliphatic carbocycles. The molecule has 0 saturated carbocycles. The number of nitrogens with zero attached hydrogens (tertiary/aromatic N) is 1. The Morgan fingerprint density at radius 1 is 1.80 bits per heavy atom. The number of hydrogen-bond donors (Lipinski definition) is 3. The van der Waals surface area contributed by atoms with E-state index in [0.717, 1.165) is 0 Å². The lowest BCUT2D eigenvalue weighted by molar-refractivity contribution is -0.126. The summed E-state index contributed by atoms with van der Waals surface area (Å²) in [6.07, 6.45) is 3.91. The molecule has 1 fully saturated rings. The molecule has 0 radical (unpaired) electrons. The zero-order valence-corrected chi connectivity index (χ0v) is 8.32. The Bertz CT molecular complexity index is 330. The predicted octanol–water partition coefficient (Wildman–Crippen LogP) is -0.856. The molecule has 82 valence electrons. The van der Waals surface area contributed by atoms with Crippen LogP contribution in [0.25, 0.3) is 0 Å². The first-order valence-corrected chi connectivity index (χ1v) is 4.84. The SMILES string of the molecule is NC1(C(=O)NCc2ncc[nH]2)CCOC1. The van der Waals surface area contributed by atoms with Crippen molar-refractivity contribution in [1.82, 2.24) is 15.3 Å². The minimum absolute atomic E-state index is 0.184. The van der Waals surface area contributed by atoms with Crippen LogP contribution in [0.3, 0.4) is 0 Å².